The van der Waals surface area contributed by atoms with Crippen molar-refractivity contribution >= 4 is 0 Å². The number of benzene rings is 2. The summed E-state index contributed by atoms with van der Waals surface area (Å²) < 4.78 is 5.82. The second-order valence-corrected chi connectivity index (χ2v) is 5.56. The molecule has 93 valence electrons. The van der Waals surface area contributed by atoms with Crippen LogP contribution in [0.2, 0.25) is 0 Å². The van der Waals surface area contributed by atoms with Gasteiger partial charge in [0.15, 0.2) is 0 Å². The van der Waals surface area contributed by atoms with Gasteiger partial charge in [-0.2, -0.15) is 0 Å². The Hall–Kier alpha value is -1.76. The zero-order valence-corrected chi connectivity index (χ0v) is 11.4. The molecule has 2 aromatic rings. The van der Waals surface area contributed by atoms with Crippen molar-refractivity contribution in [2.75, 3.05) is 0 Å². The lowest BCUT2D eigenvalue weighted by molar-refractivity contribution is 0.476. The zero-order valence-electron chi connectivity index (χ0n) is 11.4. The molecule has 0 aliphatic carbocycles. The molecule has 18 heavy (non-hydrogen) atoms. The van der Waals surface area contributed by atoms with Crippen LogP contribution in [-0.2, 0) is 5.41 Å². The monoisotopic (exact) mass is 239 g/mol. The van der Waals surface area contributed by atoms with E-state index in [4.69, 9.17) is 4.74 Å². The van der Waals surface area contributed by atoms with Crippen LogP contribution in [0.4, 0.5) is 0 Å². The van der Waals surface area contributed by atoms with Crippen molar-refractivity contribution in [2.24, 2.45) is 0 Å². The van der Waals surface area contributed by atoms with Gasteiger partial charge in [0.2, 0.25) is 0 Å². The largest absolute Gasteiger partial charge is 0.456 e. The lowest BCUT2D eigenvalue weighted by Crippen LogP contribution is -2.10. The number of para-hydroxylation sites is 1. The van der Waals surface area contributed by atoms with E-state index in [2.05, 4.69) is 39.0 Å². The lowest BCUT2D eigenvalue weighted by atomic mass is 9.87. The third-order valence-electron chi connectivity index (χ3n) is 2.96. The SMILES string of the molecule is Cc1ccc[c]c1Oc1ccc(C(C)(C)C)cc1. The van der Waals surface area contributed by atoms with E-state index in [1.54, 1.807) is 0 Å². The third kappa shape index (κ3) is 2.92. The first kappa shape index (κ1) is 12.7. The molecule has 1 radical (unpaired) electrons. The normalized spacial score (nSPS) is 11.3. The summed E-state index contributed by atoms with van der Waals surface area (Å²) in [5.74, 6) is 1.65. The molecule has 0 N–H and O–H groups in total. The lowest BCUT2D eigenvalue weighted by Gasteiger charge is -2.19. The van der Waals surface area contributed by atoms with Crippen LogP contribution in [-0.4, -0.2) is 0 Å². The van der Waals surface area contributed by atoms with Crippen molar-refractivity contribution in [3.63, 3.8) is 0 Å². The summed E-state index contributed by atoms with van der Waals surface area (Å²) in [5.41, 5.74) is 2.58. The second kappa shape index (κ2) is 4.85. The molecule has 2 rings (SSSR count). The van der Waals surface area contributed by atoms with Gasteiger partial charge in [-0.15, -0.1) is 0 Å². The minimum absolute atomic E-state index is 0.174. The van der Waals surface area contributed by atoms with Gasteiger partial charge in [0, 0.05) is 6.07 Å². The minimum atomic E-state index is 0.174. The van der Waals surface area contributed by atoms with Gasteiger partial charge in [-0.1, -0.05) is 51.1 Å². The molecule has 0 fully saturated rings. The molecule has 0 aliphatic rings. The Bertz CT molecular complexity index is 518. The molecule has 2 aromatic carbocycles. The Morgan fingerprint density at radius 2 is 1.67 bits per heavy atom. The van der Waals surface area contributed by atoms with E-state index in [1.807, 2.05) is 37.3 Å². The first-order valence-corrected chi connectivity index (χ1v) is 6.22. The van der Waals surface area contributed by atoms with E-state index in [0.29, 0.717) is 0 Å². The molecule has 0 saturated heterocycles. The quantitative estimate of drug-likeness (QED) is 0.725. The first-order valence-electron chi connectivity index (χ1n) is 6.22. The van der Waals surface area contributed by atoms with Gasteiger partial charge < -0.3 is 4.74 Å². The van der Waals surface area contributed by atoms with E-state index < -0.39 is 0 Å². The maximum Gasteiger partial charge on any atom is 0.138 e. The predicted molar refractivity (Wildman–Crippen MR) is 75.2 cm³/mol. The van der Waals surface area contributed by atoms with Crippen molar-refractivity contribution in [1.29, 1.82) is 0 Å². The Kier molecular flexibility index (Phi) is 3.42. The highest BCUT2D eigenvalue weighted by Gasteiger charge is 2.13. The molecule has 0 aliphatic heterocycles. The maximum atomic E-state index is 5.82. The van der Waals surface area contributed by atoms with Gasteiger partial charge >= 0.3 is 0 Å². The fraction of sp³-hybridized carbons (Fsp3) is 0.294. The molecule has 0 saturated carbocycles. The van der Waals surface area contributed by atoms with Crippen LogP contribution in [0.3, 0.4) is 0 Å². The predicted octanol–water partition coefficient (Wildman–Crippen LogP) is 4.89. The van der Waals surface area contributed by atoms with Gasteiger partial charge in [0.25, 0.3) is 0 Å². The molecule has 0 unspecified atom stereocenters. The van der Waals surface area contributed by atoms with E-state index in [1.165, 1.54) is 5.56 Å². The molecule has 0 amide bonds. The number of ether oxygens (including phenoxy) is 1. The first-order chi connectivity index (χ1) is 8.47. The molecular formula is C17H19O. The highest BCUT2D eigenvalue weighted by atomic mass is 16.5. The van der Waals surface area contributed by atoms with E-state index >= 15 is 0 Å². The number of rotatable bonds is 2. The van der Waals surface area contributed by atoms with E-state index in [0.717, 1.165) is 17.1 Å². The second-order valence-electron chi connectivity index (χ2n) is 5.56. The Balaban J connectivity index is 2.19. The molecular weight excluding hydrogens is 220 g/mol. The van der Waals surface area contributed by atoms with Crippen LogP contribution in [0.15, 0.2) is 42.5 Å². The summed E-state index contributed by atoms with van der Waals surface area (Å²) in [6, 6.07) is 17.2. The summed E-state index contributed by atoms with van der Waals surface area (Å²) in [6.07, 6.45) is 0. The van der Waals surface area contributed by atoms with Crippen LogP contribution in [0.1, 0.15) is 31.9 Å². The van der Waals surface area contributed by atoms with Gasteiger partial charge in [-0.05, 0) is 35.6 Å². The van der Waals surface area contributed by atoms with Gasteiger partial charge in [0.1, 0.15) is 11.5 Å². The topological polar surface area (TPSA) is 9.23 Å². The van der Waals surface area contributed by atoms with Crippen molar-refractivity contribution in [1.82, 2.24) is 0 Å². The van der Waals surface area contributed by atoms with Crippen molar-refractivity contribution in [3.05, 3.63) is 59.7 Å². The minimum Gasteiger partial charge on any atom is -0.456 e. The molecule has 0 aromatic heterocycles. The summed E-state index contributed by atoms with van der Waals surface area (Å²) >= 11 is 0. The fourth-order valence-corrected chi connectivity index (χ4v) is 1.76. The Morgan fingerprint density at radius 1 is 1.00 bits per heavy atom. The molecule has 0 heterocycles. The Labute approximate surface area is 109 Å². The van der Waals surface area contributed by atoms with Crippen LogP contribution in [0.25, 0.3) is 0 Å². The van der Waals surface area contributed by atoms with E-state index in [-0.39, 0.29) is 5.41 Å². The van der Waals surface area contributed by atoms with Crippen molar-refractivity contribution in [3.8, 4) is 11.5 Å². The molecule has 1 heteroatoms. The highest BCUT2D eigenvalue weighted by molar-refractivity contribution is 5.37. The van der Waals surface area contributed by atoms with Crippen molar-refractivity contribution < 1.29 is 4.74 Å². The maximum absolute atomic E-state index is 5.82. The summed E-state index contributed by atoms with van der Waals surface area (Å²) in [6.45, 7) is 8.64. The number of hydrogen-bond acceptors (Lipinski definition) is 1. The fourth-order valence-electron chi connectivity index (χ4n) is 1.76. The summed E-state index contributed by atoms with van der Waals surface area (Å²) in [7, 11) is 0. The van der Waals surface area contributed by atoms with Crippen molar-refractivity contribution in [2.45, 2.75) is 33.1 Å². The number of hydrogen-bond donors (Lipinski definition) is 0. The molecule has 0 bridgehead atoms. The zero-order chi connectivity index (χ0) is 13.2. The summed E-state index contributed by atoms with van der Waals surface area (Å²) in [5, 5.41) is 0. The molecule has 0 spiro atoms. The number of aryl methyl sites for hydroxylation is 1. The van der Waals surface area contributed by atoms with Gasteiger partial charge in [0.05, 0.1) is 0 Å². The van der Waals surface area contributed by atoms with E-state index in [9.17, 15) is 0 Å². The average molecular weight is 239 g/mol. The highest BCUT2D eigenvalue weighted by Crippen LogP contribution is 2.27. The smallest absolute Gasteiger partial charge is 0.138 e. The van der Waals surface area contributed by atoms with Crippen LogP contribution in [0.5, 0.6) is 11.5 Å². The van der Waals surface area contributed by atoms with Crippen LogP contribution in [0, 0.1) is 13.0 Å². The average Bonchev–Trinajstić information content (AvgIpc) is 2.32. The van der Waals surface area contributed by atoms with Gasteiger partial charge in [-0.3, -0.25) is 0 Å². The van der Waals surface area contributed by atoms with Crippen LogP contribution < -0.4 is 4.74 Å². The molecule has 0 atom stereocenters. The third-order valence-corrected chi connectivity index (χ3v) is 2.96. The standard InChI is InChI=1S/C17H19O/c1-13-7-5-6-8-16(13)18-15-11-9-14(10-12-15)17(2,3)4/h5-7,9-12H,1-4H3. The Morgan fingerprint density at radius 3 is 2.22 bits per heavy atom. The van der Waals surface area contributed by atoms with Crippen LogP contribution >= 0.6 is 0 Å². The van der Waals surface area contributed by atoms with Gasteiger partial charge in [-0.25, -0.2) is 0 Å². The molecule has 1 nitrogen and oxygen atoms in total. The summed E-state index contributed by atoms with van der Waals surface area (Å²) in [4.78, 5) is 0.